The maximum Gasteiger partial charge on any atom is 0.291 e. The Balaban J connectivity index is 1.23. The highest BCUT2D eigenvalue weighted by molar-refractivity contribution is 6.03. The van der Waals surface area contributed by atoms with Crippen LogP contribution in [0.15, 0.2) is 77.2 Å². The van der Waals surface area contributed by atoms with Gasteiger partial charge in [-0.2, -0.15) is 0 Å². The van der Waals surface area contributed by atoms with Gasteiger partial charge in [0.1, 0.15) is 23.9 Å². The lowest BCUT2D eigenvalue weighted by atomic mass is 10.1. The van der Waals surface area contributed by atoms with Crippen molar-refractivity contribution < 1.29 is 23.5 Å². The third-order valence-corrected chi connectivity index (χ3v) is 4.86. The first-order chi connectivity index (χ1) is 15.1. The van der Waals surface area contributed by atoms with Crippen LogP contribution < -0.4 is 20.1 Å². The van der Waals surface area contributed by atoms with Gasteiger partial charge < -0.3 is 24.5 Å². The van der Waals surface area contributed by atoms with Crippen molar-refractivity contribution in [2.45, 2.75) is 6.61 Å². The van der Waals surface area contributed by atoms with Crippen molar-refractivity contribution in [3.8, 4) is 11.5 Å². The first-order valence-electron chi connectivity index (χ1n) is 9.72. The van der Waals surface area contributed by atoms with E-state index in [1.165, 1.54) is 0 Å². The fraction of sp³-hybridized carbons (Fsp3) is 0.0833. The lowest BCUT2D eigenvalue weighted by Gasteiger charge is -2.18. The highest BCUT2D eigenvalue weighted by Crippen LogP contribution is 2.30. The molecule has 4 aromatic rings. The predicted molar refractivity (Wildman–Crippen MR) is 116 cm³/mol. The van der Waals surface area contributed by atoms with Gasteiger partial charge in [-0.25, -0.2) is 0 Å². The number of hydrogen-bond donors (Lipinski definition) is 2. The van der Waals surface area contributed by atoms with Crippen molar-refractivity contribution in [1.82, 2.24) is 0 Å². The van der Waals surface area contributed by atoms with E-state index in [4.69, 9.17) is 13.9 Å². The van der Waals surface area contributed by atoms with Crippen LogP contribution in [0.1, 0.15) is 16.3 Å². The Bertz CT molecular complexity index is 1290. The maximum absolute atomic E-state index is 12.5. The average Bonchev–Trinajstić information content (AvgIpc) is 3.26. The van der Waals surface area contributed by atoms with Gasteiger partial charge in [-0.15, -0.1) is 0 Å². The average molecular weight is 414 g/mol. The van der Waals surface area contributed by atoms with Crippen molar-refractivity contribution in [2.24, 2.45) is 0 Å². The van der Waals surface area contributed by atoms with E-state index in [2.05, 4.69) is 10.6 Å². The van der Waals surface area contributed by atoms with E-state index < -0.39 is 5.91 Å². The second kappa shape index (κ2) is 7.87. The Hall–Kier alpha value is -4.26. The molecule has 0 radical (unpaired) electrons. The van der Waals surface area contributed by atoms with Gasteiger partial charge >= 0.3 is 0 Å². The molecular formula is C24H18N2O5. The highest BCUT2D eigenvalue weighted by Gasteiger charge is 2.17. The second-order valence-electron chi connectivity index (χ2n) is 7.07. The highest BCUT2D eigenvalue weighted by atomic mass is 16.5. The van der Waals surface area contributed by atoms with Gasteiger partial charge in [0.2, 0.25) is 0 Å². The van der Waals surface area contributed by atoms with E-state index in [9.17, 15) is 9.59 Å². The minimum absolute atomic E-state index is 0.0187. The van der Waals surface area contributed by atoms with Gasteiger partial charge in [0.15, 0.2) is 12.4 Å². The molecule has 7 nitrogen and oxygen atoms in total. The topological polar surface area (TPSA) is 89.8 Å². The standard InChI is InChI=1S/C24H18N2O5/c27-23-14-30-21-9-6-17(12-20(21)26-23)25-24(28)22-10-8-19(31-22)13-29-18-7-5-15-3-1-2-4-16(15)11-18/h1-12H,13-14H2,(H,25,28)(H,26,27). The van der Waals surface area contributed by atoms with Crippen molar-refractivity contribution >= 4 is 34.0 Å². The number of hydrogen-bond acceptors (Lipinski definition) is 5. The molecule has 7 heteroatoms. The third kappa shape index (κ3) is 4.06. The largest absolute Gasteiger partial charge is 0.486 e. The minimum atomic E-state index is -0.403. The van der Waals surface area contributed by atoms with E-state index in [1.54, 1.807) is 30.3 Å². The monoisotopic (exact) mass is 414 g/mol. The molecule has 1 aromatic heterocycles. The predicted octanol–water partition coefficient (Wildman–Crippen LogP) is 4.60. The molecule has 31 heavy (non-hydrogen) atoms. The van der Waals surface area contributed by atoms with Gasteiger partial charge in [0.05, 0.1) is 5.69 Å². The van der Waals surface area contributed by atoms with E-state index in [1.807, 2.05) is 42.5 Å². The molecule has 0 unspecified atom stereocenters. The van der Waals surface area contributed by atoms with Crippen LogP contribution in [0, 0.1) is 0 Å². The molecule has 0 saturated heterocycles. The summed E-state index contributed by atoms with van der Waals surface area (Å²) in [5.41, 5.74) is 1.03. The van der Waals surface area contributed by atoms with Gasteiger partial charge in [0, 0.05) is 5.69 Å². The molecule has 0 saturated carbocycles. The maximum atomic E-state index is 12.5. The summed E-state index contributed by atoms with van der Waals surface area (Å²) in [6.45, 7) is 0.184. The molecule has 5 rings (SSSR count). The summed E-state index contributed by atoms with van der Waals surface area (Å²) >= 11 is 0. The van der Waals surface area contributed by atoms with E-state index in [0.29, 0.717) is 22.9 Å². The molecule has 0 atom stereocenters. The number of nitrogens with one attached hydrogen (secondary N) is 2. The second-order valence-corrected chi connectivity index (χ2v) is 7.07. The number of amides is 2. The molecule has 2 amide bonds. The van der Waals surface area contributed by atoms with E-state index in [-0.39, 0.29) is 24.9 Å². The van der Waals surface area contributed by atoms with Crippen molar-refractivity contribution in [1.29, 1.82) is 0 Å². The molecule has 0 fully saturated rings. The minimum Gasteiger partial charge on any atom is -0.486 e. The Labute approximate surface area is 177 Å². The molecule has 0 bridgehead atoms. The number of benzene rings is 3. The van der Waals surface area contributed by atoms with Gasteiger partial charge in [-0.1, -0.05) is 30.3 Å². The smallest absolute Gasteiger partial charge is 0.291 e. The number of ether oxygens (including phenoxy) is 2. The molecule has 2 heterocycles. The lowest BCUT2D eigenvalue weighted by Crippen LogP contribution is -2.25. The summed E-state index contributed by atoms with van der Waals surface area (Å²) in [4.78, 5) is 24.0. The quantitative estimate of drug-likeness (QED) is 0.498. The van der Waals surface area contributed by atoms with E-state index in [0.717, 1.165) is 16.5 Å². The summed E-state index contributed by atoms with van der Waals surface area (Å²) in [6, 6.07) is 22.2. The molecule has 2 N–H and O–H groups in total. The number of furan rings is 1. The van der Waals surface area contributed by atoms with Crippen molar-refractivity contribution in [3.63, 3.8) is 0 Å². The van der Waals surface area contributed by atoms with E-state index >= 15 is 0 Å². The number of carbonyl (C=O) groups excluding carboxylic acids is 2. The van der Waals surface area contributed by atoms with Crippen LogP contribution in [0.4, 0.5) is 11.4 Å². The number of rotatable bonds is 5. The van der Waals surface area contributed by atoms with Crippen molar-refractivity contribution in [2.75, 3.05) is 17.2 Å². The van der Waals surface area contributed by atoms with Crippen LogP contribution in [-0.4, -0.2) is 18.4 Å². The summed E-state index contributed by atoms with van der Waals surface area (Å²) in [5.74, 6) is 1.33. The van der Waals surface area contributed by atoms with Gasteiger partial charge in [-0.05, 0) is 53.2 Å². The fourth-order valence-corrected chi connectivity index (χ4v) is 3.34. The van der Waals surface area contributed by atoms with Crippen LogP contribution in [0.5, 0.6) is 11.5 Å². The first-order valence-corrected chi connectivity index (χ1v) is 9.72. The zero-order valence-electron chi connectivity index (χ0n) is 16.4. The summed E-state index contributed by atoms with van der Waals surface area (Å²) in [5, 5.41) is 7.68. The third-order valence-electron chi connectivity index (χ3n) is 4.86. The first kappa shape index (κ1) is 18.7. The van der Waals surface area contributed by atoms with Crippen molar-refractivity contribution in [3.05, 3.63) is 84.3 Å². The van der Waals surface area contributed by atoms with Crippen LogP contribution in [-0.2, 0) is 11.4 Å². The zero-order valence-corrected chi connectivity index (χ0v) is 16.4. The number of anilines is 2. The normalized spacial score (nSPS) is 12.6. The molecular weight excluding hydrogens is 396 g/mol. The van der Waals surface area contributed by atoms with Crippen LogP contribution >= 0.6 is 0 Å². The summed E-state index contributed by atoms with van der Waals surface area (Å²) in [6.07, 6.45) is 0. The molecule has 154 valence electrons. The van der Waals surface area contributed by atoms with Gasteiger partial charge in [0.25, 0.3) is 11.8 Å². The van der Waals surface area contributed by atoms with Crippen LogP contribution in [0.3, 0.4) is 0 Å². The van der Waals surface area contributed by atoms with Gasteiger partial charge in [-0.3, -0.25) is 9.59 Å². The van der Waals surface area contributed by atoms with Crippen LogP contribution in [0.25, 0.3) is 10.8 Å². The number of carbonyl (C=O) groups is 2. The molecule has 0 aliphatic carbocycles. The SMILES string of the molecule is O=C1COc2ccc(NC(=O)c3ccc(COc4ccc5ccccc5c4)o3)cc2N1. The molecule has 1 aliphatic heterocycles. The molecule has 0 spiro atoms. The zero-order chi connectivity index (χ0) is 21.2. The molecule has 3 aromatic carbocycles. The summed E-state index contributed by atoms with van der Waals surface area (Å²) < 4.78 is 16.7. The number of fused-ring (bicyclic) bond motifs is 2. The Morgan fingerprint density at radius 1 is 1.00 bits per heavy atom. The summed E-state index contributed by atoms with van der Waals surface area (Å²) in [7, 11) is 0. The Kier molecular flexibility index (Phi) is 4.76. The van der Waals surface area contributed by atoms with Crippen LogP contribution in [0.2, 0.25) is 0 Å². The fourth-order valence-electron chi connectivity index (χ4n) is 3.34. The Morgan fingerprint density at radius 3 is 2.77 bits per heavy atom. The molecule has 1 aliphatic rings. The lowest BCUT2D eigenvalue weighted by molar-refractivity contribution is -0.118. The Morgan fingerprint density at radius 2 is 1.87 bits per heavy atom.